The van der Waals surface area contributed by atoms with Crippen LogP contribution in [0.1, 0.15) is 5.69 Å². The fraction of sp³-hybridized carbons (Fsp3) is 0.455. The third-order valence-electron chi connectivity index (χ3n) is 2.20. The van der Waals surface area contributed by atoms with E-state index in [4.69, 9.17) is 0 Å². The fourth-order valence-electron chi connectivity index (χ4n) is 1.33. The molecule has 1 heterocycles. The van der Waals surface area contributed by atoms with Crippen molar-refractivity contribution in [1.29, 1.82) is 0 Å². The molecule has 0 spiro atoms. The summed E-state index contributed by atoms with van der Waals surface area (Å²) in [6.45, 7) is 5.17. The molecule has 0 aliphatic heterocycles. The fourth-order valence-corrected chi connectivity index (χ4v) is 1.33. The summed E-state index contributed by atoms with van der Waals surface area (Å²) in [5, 5.41) is 9.83. The van der Waals surface area contributed by atoms with E-state index in [9.17, 15) is 4.79 Å². The summed E-state index contributed by atoms with van der Waals surface area (Å²) in [6.07, 6.45) is 4.27. The lowest BCUT2D eigenvalue weighted by molar-refractivity contribution is -0.120. The molecule has 0 aliphatic rings. The van der Waals surface area contributed by atoms with Crippen LogP contribution in [0.15, 0.2) is 24.9 Å². The van der Waals surface area contributed by atoms with Crippen LogP contribution in [0.4, 0.5) is 0 Å². The molecular weight excluding hydrogens is 204 g/mol. The van der Waals surface area contributed by atoms with Gasteiger partial charge >= 0.3 is 0 Å². The first kappa shape index (κ1) is 12.4. The van der Waals surface area contributed by atoms with Crippen molar-refractivity contribution in [1.82, 2.24) is 20.4 Å². The second-order valence-corrected chi connectivity index (χ2v) is 3.47. The Hall–Kier alpha value is -1.62. The maximum atomic E-state index is 11.3. The molecule has 0 atom stereocenters. The third kappa shape index (κ3) is 4.27. The van der Waals surface area contributed by atoms with Gasteiger partial charge in [-0.05, 0) is 6.07 Å². The van der Waals surface area contributed by atoms with Crippen LogP contribution in [0.2, 0.25) is 0 Å². The van der Waals surface area contributed by atoms with E-state index in [1.807, 2.05) is 17.8 Å². The van der Waals surface area contributed by atoms with Crippen molar-refractivity contribution in [2.24, 2.45) is 7.05 Å². The lowest BCUT2D eigenvalue weighted by Gasteiger charge is -2.05. The Kier molecular flexibility index (Phi) is 5.28. The number of hydrogen-bond donors (Lipinski definition) is 2. The van der Waals surface area contributed by atoms with Crippen LogP contribution in [0.3, 0.4) is 0 Å². The molecule has 1 aromatic heterocycles. The van der Waals surface area contributed by atoms with Crippen molar-refractivity contribution in [2.75, 3.05) is 19.6 Å². The molecule has 1 aromatic rings. The summed E-state index contributed by atoms with van der Waals surface area (Å²) in [4.78, 5) is 11.3. The van der Waals surface area contributed by atoms with E-state index in [1.165, 1.54) is 0 Å². The van der Waals surface area contributed by atoms with Gasteiger partial charge in [0.15, 0.2) is 0 Å². The van der Waals surface area contributed by atoms with E-state index in [-0.39, 0.29) is 5.91 Å². The maximum absolute atomic E-state index is 11.3. The van der Waals surface area contributed by atoms with Gasteiger partial charge in [-0.3, -0.25) is 9.48 Å². The van der Waals surface area contributed by atoms with Crippen molar-refractivity contribution in [2.45, 2.75) is 6.42 Å². The number of nitrogens with zero attached hydrogens (tertiary/aromatic N) is 2. The average molecular weight is 222 g/mol. The van der Waals surface area contributed by atoms with Gasteiger partial charge in [0, 0.05) is 38.4 Å². The van der Waals surface area contributed by atoms with Crippen molar-refractivity contribution in [3.8, 4) is 0 Å². The number of rotatable bonds is 7. The molecule has 16 heavy (non-hydrogen) atoms. The summed E-state index contributed by atoms with van der Waals surface area (Å²) in [5.41, 5.74) is 1.11. The summed E-state index contributed by atoms with van der Waals surface area (Å²) in [5.74, 6) is 0.00372. The molecule has 5 nitrogen and oxygen atoms in total. The molecule has 0 saturated heterocycles. The first-order chi connectivity index (χ1) is 7.74. The number of amides is 1. The summed E-state index contributed by atoms with van der Waals surface area (Å²) in [7, 11) is 1.89. The summed E-state index contributed by atoms with van der Waals surface area (Å²) in [6, 6.07) is 1.95. The highest BCUT2D eigenvalue weighted by atomic mass is 16.1. The molecule has 1 amide bonds. The number of aryl methyl sites for hydroxylation is 1. The van der Waals surface area contributed by atoms with Gasteiger partial charge in [-0.2, -0.15) is 5.10 Å². The first-order valence-corrected chi connectivity index (χ1v) is 5.29. The molecule has 0 aliphatic carbocycles. The molecular formula is C11H18N4O. The van der Waals surface area contributed by atoms with Gasteiger partial charge in [0.05, 0.1) is 6.54 Å². The third-order valence-corrected chi connectivity index (χ3v) is 2.20. The van der Waals surface area contributed by atoms with Crippen LogP contribution >= 0.6 is 0 Å². The van der Waals surface area contributed by atoms with Gasteiger partial charge < -0.3 is 10.6 Å². The molecule has 88 valence electrons. The number of hydrogen-bond acceptors (Lipinski definition) is 3. The molecule has 1 rings (SSSR count). The van der Waals surface area contributed by atoms with E-state index < -0.39 is 0 Å². The quantitative estimate of drug-likeness (QED) is 0.498. The lowest BCUT2D eigenvalue weighted by Crippen LogP contribution is -2.35. The highest BCUT2D eigenvalue weighted by Gasteiger charge is 2.01. The van der Waals surface area contributed by atoms with Crippen LogP contribution in [0.5, 0.6) is 0 Å². The molecule has 5 heteroatoms. The first-order valence-electron chi connectivity index (χ1n) is 5.29. The Morgan fingerprint density at radius 1 is 1.69 bits per heavy atom. The van der Waals surface area contributed by atoms with Crippen LogP contribution in [0.25, 0.3) is 0 Å². The van der Waals surface area contributed by atoms with E-state index in [0.29, 0.717) is 19.6 Å². The SMILES string of the molecule is C=CCNCC(=O)NCCc1ccnn1C. The van der Waals surface area contributed by atoms with Gasteiger partial charge in [0.2, 0.25) is 5.91 Å². The molecule has 0 aromatic carbocycles. The second-order valence-electron chi connectivity index (χ2n) is 3.47. The zero-order valence-electron chi connectivity index (χ0n) is 9.57. The van der Waals surface area contributed by atoms with Crippen molar-refractivity contribution in [3.05, 3.63) is 30.6 Å². The Morgan fingerprint density at radius 3 is 3.12 bits per heavy atom. The second kappa shape index (κ2) is 6.79. The van der Waals surface area contributed by atoms with E-state index in [2.05, 4.69) is 22.3 Å². The molecule has 0 unspecified atom stereocenters. The minimum absolute atomic E-state index is 0.00372. The van der Waals surface area contributed by atoms with Gasteiger partial charge in [-0.15, -0.1) is 6.58 Å². The minimum atomic E-state index is 0.00372. The molecule has 0 bridgehead atoms. The smallest absolute Gasteiger partial charge is 0.233 e. The lowest BCUT2D eigenvalue weighted by atomic mass is 10.3. The van der Waals surface area contributed by atoms with E-state index in [0.717, 1.165) is 12.1 Å². The van der Waals surface area contributed by atoms with E-state index in [1.54, 1.807) is 12.3 Å². The van der Waals surface area contributed by atoms with Crippen LogP contribution in [-0.2, 0) is 18.3 Å². The largest absolute Gasteiger partial charge is 0.355 e. The predicted octanol–water partition coefficient (Wildman–Crippen LogP) is -0.146. The van der Waals surface area contributed by atoms with E-state index >= 15 is 0 Å². The molecule has 0 fully saturated rings. The summed E-state index contributed by atoms with van der Waals surface area (Å²) >= 11 is 0. The number of carbonyl (C=O) groups is 1. The number of aromatic nitrogens is 2. The normalized spacial score (nSPS) is 10.1. The zero-order chi connectivity index (χ0) is 11.8. The molecule has 0 radical (unpaired) electrons. The predicted molar refractivity (Wildman–Crippen MR) is 63.0 cm³/mol. The summed E-state index contributed by atoms with van der Waals surface area (Å²) < 4.78 is 1.81. The Morgan fingerprint density at radius 2 is 2.50 bits per heavy atom. The van der Waals surface area contributed by atoms with Crippen LogP contribution in [-0.4, -0.2) is 35.3 Å². The van der Waals surface area contributed by atoms with Crippen molar-refractivity contribution < 1.29 is 4.79 Å². The zero-order valence-corrected chi connectivity index (χ0v) is 9.57. The Labute approximate surface area is 95.5 Å². The van der Waals surface area contributed by atoms with Crippen molar-refractivity contribution in [3.63, 3.8) is 0 Å². The van der Waals surface area contributed by atoms with Gasteiger partial charge in [-0.1, -0.05) is 6.08 Å². The van der Waals surface area contributed by atoms with Gasteiger partial charge in [0.1, 0.15) is 0 Å². The minimum Gasteiger partial charge on any atom is -0.355 e. The highest BCUT2D eigenvalue weighted by molar-refractivity contribution is 5.77. The Bertz CT molecular complexity index is 346. The van der Waals surface area contributed by atoms with Crippen LogP contribution in [0, 0.1) is 0 Å². The Balaban J connectivity index is 2.13. The van der Waals surface area contributed by atoms with Gasteiger partial charge in [0.25, 0.3) is 0 Å². The average Bonchev–Trinajstić information content (AvgIpc) is 2.65. The standard InChI is InChI=1S/C11H18N4O/c1-3-6-12-9-11(16)13-7-4-10-5-8-14-15(10)2/h3,5,8,12H,1,4,6-7,9H2,2H3,(H,13,16). The van der Waals surface area contributed by atoms with Crippen LogP contribution < -0.4 is 10.6 Å². The molecule has 2 N–H and O–H groups in total. The number of nitrogens with one attached hydrogen (secondary N) is 2. The highest BCUT2D eigenvalue weighted by Crippen LogP contribution is 1.95. The topological polar surface area (TPSA) is 59.0 Å². The number of carbonyl (C=O) groups excluding carboxylic acids is 1. The maximum Gasteiger partial charge on any atom is 0.233 e. The van der Waals surface area contributed by atoms with Gasteiger partial charge in [-0.25, -0.2) is 0 Å². The molecule has 0 saturated carbocycles. The van der Waals surface area contributed by atoms with Crippen molar-refractivity contribution >= 4 is 5.91 Å². The monoisotopic (exact) mass is 222 g/mol.